The van der Waals surface area contributed by atoms with Crippen LogP contribution in [0.3, 0.4) is 0 Å². The van der Waals surface area contributed by atoms with Gasteiger partial charge < -0.3 is 37.9 Å². The molecule has 0 saturated heterocycles. The lowest BCUT2D eigenvalue weighted by molar-refractivity contribution is -0.435. The molecule has 0 amide bonds. The van der Waals surface area contributed by atoms with Crippen molar-refractivity contribution in [1.82, 2.24) is 0 Å². The summed E-state index contributed by atoms with van der Waals surface area (Å²) in [5, 5.41) is 0. The fourth-order valence-corrected chi connectivity index (χ4v) is 3.37. The Morgan fingerprint density at radius 3 is 1.13 bits per heavy atom. The average Bonchev–Trinajstić information content (AvgIpc) is 2.91. The van der Waals surface area contributed by atoms with E-state index in [1.165, 1.54) is 12.2 Å². The van der Waals surface area contributed by atoms with Crippen molar-refractivity contribution in [1.29, 1.82) is 0 Å². The van der Waals surface area contributed by atoms with E-state index in [4.69, 9.17) is 42.6 Å². The molecule has 2 aromatic rings. The van der Waals surface area contributed by atoms with Crippen LogP contribution >= 0.6 is 0 Å². The predicted molar refractivity (Wildman–Crippen MR) is 147 cm³/mol. The van der Waals surface area contributed by atoms with E-state index in [0.717, 1.165) is 0 Å². The Morgan fingerprint density at radius 2 is 0.846 bits per heavy atom. The van der Waals surface area contributed by atoms with Gasteiger partial charge in [-0.25, -0.2) is 4.74 Å². The fourth-order valence-electron chi connectivity index (χ4n) is 3.37. The third-order valence-electron chi connectivity index (χ3n) is 4.72. The maximum Gasteiger partial charge on any atom is 0.361 e. The lowest BCUT2D eigenvalue weighted by atomic mass is 10.3. The van der Waals surface area contributed by atoms with Gasteiger partial charge in [-0.15, -0.1) is 0 Å². The van der Waals surface area contributed by atoms with Crippen LogP contribution in [0.25, 0.3) is 0 Å². The zero-order valence-corrected chi connectivity index (χ0v) is 23.8. The Labute approximate surface area is 232 Å². The van der Waals surface area contributed by atoms with Crippen molar-refractivity contribution in [2.24, 2.45) is 0 Å². The summed E-state index contributed by atoms with van der Waals surface area (Å²) in [5.41, 5.74) is 0. The number of hydrogen-bond donors (Lipinski definition) is 0. The second-order valence-electron chi connectivity index (χ2n) is 7.66. The van der Waals surface area contributed by atoms with Gasteiger partial charge >= 0.3 is 11.9 Å². The van der Waals surface area contributed by atoms with Gasteiger partial charge in [-0.3, -0.25) is 0 Å². The maximum absolute atomic E-state index is 6.60. The van der Waals surface area contributed by atoms with Gasteiger partial charge in [-0.2, -0.15) is 0 Å². The Bertz CT molecular complexity index is 885. The summed E-state index contributed by atoms with van der Waals surface area (Å²) in [6.07, 6.45) is 2.93. The van der Waals surface area contributed by atoms with Crippen LogP contribution in [-0.2, 0) is 33.2 Å². The first kappa shape index (κ1) is 31.8. The number of benzene rings is 2. The third-order valence-corrected chi connectivity index (χ3v) is 4.72. The Balaban J connectivity index is 2.78. The smallest absolute Gasteiger partial charge is 0.361 e. The van der Waals surface area contributed by atoms with Crippen molar-refractivity contribution in [3.63, 3.8) is 0 Å². The van der Waals surface area contributed by atoms with Gasteiger partial charge in [-0.1, -0.05) is 36.4 Å². The van der Waals surface area contributed by atoms with Gasteiger partial charge in [0.2, 0.25) is 0 Å². The van der Waals surface area contributed by atoms with E-state index < -0.39 is 11.9 Å². The first-order chi connectivity index (χ1) is 19.0. The molecule has 2 aromatic carbocycles. The largest absolute Gasteiger partial charge is 0.466 e. The highest BCUT2D eigenvalue weighted by Gasteiger charge is 2.48. The molecule has 0 heterocycles. The summed E-state index contributed by atoms with van der Waals surface area (Å²) < 4.78 is 54.5. The van der Waals surface area contributed by atoms with Gasteiger partial charge in [0.15, 0.2) is 0 Å². The molecular formula is C30H42O9. The summed E-state index contributed by atoms with van der Waals surface area (Å²) in [6.45, 7) is 12.7. The monoisotopic (exact) mass is 546 g/mol. The van der Waals surface area contributed by atoms with E-state index in [-0.39, 0.29) is 25.1 Å². The first-order valence-corrected chi connectivity index (χ1v) is 13.4. The van der Waals surface area contributed by atoms with Crippen LogP contribution in [0.4, 0.5) is 0 Å². The quantitative estimate of drug-likeness (QED) is 0.139. The molecule has 0 saturated carbocycles. The third kappa shape index (κ3) is 10.7. The molecule has 2 unspecified atom stereocenters. The first-order valence-electron chi connectivity index (χ1n) is 13.4. The summed E-state index contributed by atoms with van der Waals surface area (Å²) in [7, 11) is 0. The number of ether oxygens (including phenoxy) is 9. The number of hydrogen-bond acceptors (Lipinski definition) is 9. The SMILES string of the molecule is CCOC(=CC(OCC)(Oc1ccccc1)OC(C=C(OCC)OCC)(OCC)Oc1ccccc1)OCC. The van der Waals surface area contributed by atoms with Crippen LogP contribution in [-0.4, -0.2) is 51.6 Å². The average molecular weight is 547 g/mol. The number of para-hydroxylation sites is 2. The second kappa shape index (κ2) is 17.2. The molecule has 0 aliphatic heterocycles. The van der Waals surface area contributed by atoms with E-state index in [1.54, 1.807) is 24.3 Å². The molecule has 0 aromatic heterocycles. The van der Waals surface area contributed by atoms with Crippen LogP contribution in [0, 0.1) is 0 Å². The molecule has 9 heteroatoms. The van der Waals surface area contributed by atoms with Crippen molar-refractivity contribution >= 4 is 0 Å². The number of rotatable bonds is 20. The minimum atomic E-state index is -1.94. The van der Waals surface area contributed by atoms with Crippen LogP contribution in [0.5, 0.6) is 11.5 Å². The van der Waals surface area contributed by atoms with Crippen molar-refractivity contribution in [2.45, 2.75) is 53.5 Å². The van der Waals surface area contributed by atoms with Gasteiger partial charge in [0.05, 0.1) is 51.8 Å². The predicted octanol–water partition coefficient (Wildman–Crippen LogP) is 6.37. The van der Waals surface area contributed by atoms with Gasteiger partial charge in [0, 0.05) is 0 Å². The molecule has 0 fully saturated rings. The fraction of sp³-hybridized carbons (Fsp3) is 0.467. The lowest BCUT2D eigenvalue weighted by Crippen LogP contribution is -2.53. The van der Waals surface area contributed by atoms with E-state index in [2.05, 4.69) is 0 Å². The molecule has 2 atom stereocenters. The zero-order valence-electron chi connectivity index (χ0n) is 23.8. The normalized spacial score (nSPS) is 13.7. The maximum atomic E-state index is 6.60. The molecule has 0 bridgehead atoms. The highest BCUT2D eigenvalue weighted by Crippen LogP contribution is 2.34. The molecule has 2 rings (SSSR count). The molecule has 0 aliphatic rings. The van der Waals surface area contributed by atoms with Gasteiger partial charge in [-0.05, 0) is 65.8 Å². The Kier molecular flexibility index (Phi) is 14.1. The van der Waals surface area contributed by atoms with Crippen molar-refractivity contribution in [2.75, 3.05) is 39.6 Å². The van der Waals surface area contributed by atoms with Gasteiger partial charge in [0.25, 0.3) is 11.9 Å². The van der Waals surface area contributed by atoms with Crippen LogP contribution in [0.15, 0.2) is 84.7 Å². The summed E-state index contributed by atoms with van der Waals surface area (Å²) in [4.78, 5) is 0. The Hall–Kier alpha value is -3.40. The highest BCUT2D eigenvalue weighted by molar-refractivity contribution is 5.24. The molecular weight excluding hydrogens is 504 g/mol. The van der Waals surface area contributed by atoms with Crippen molar-refractivity contribution < 1.29 is 42.6 Å². The minimum absolute atomic E-state index is 0.147. The summed E-state index contributed by atoms with van der Waals surface area (Å²) >= 11 is 0. The molecule has 39 heavy (non-hydrogen) atoms. The minimum Gasteiger partial charge on any atom is -0.466 e. The van der Waals surface area contributed by atoms with Crippen LogP contribution < -0.4 is 9.47 Å². The van der Waals surface area contributed by atoms with Crippen LogP contribution in [0.2, 0.25) is 0 Å². The molecule has 0 radical (unpaired) electrons. The Morgan fingerprint density at radius 1 is 0.513 bits per heavy atom. The summed E-state index contributed by atoms with van der Waals surface area (Å²) in [6, 6.07) is 18.2. The van der Waals surface area contributed by atoms with Crippen molar-refractivity contribution in [3.8, 4) is 11.5 Å². The molecule has 0 N–H and O–H groups in total. The van der Waals surface area contributed by atoms with E-state index >= 15 is 0 Å². The van der Waals surface area contributed by atoms with E-state index in [1.807, 2.05) is 77.9 Å². The second-order valence-corrected chi connectivity index (χ2v) is 7.66. The molecule has 9 nitrogen and oxygen atoms in total. The van der Waals surface area contributed by atoms with Crippen molar-refractivity contribution in [3.05, 3.63) is 84.7 Å². The molecule has 0 spiro atoms. The van der Waals surface area contributed by atoms with E-state index in [0.29, 0.717) is 37.9 Å². The highest BCUT2D eigenvalue weighted by atomic mass is 17.0. The zero-order chi connectivity index (χ0) is 28.4. The summed E-state index contributed by atoms with van der Waals surface area (Å²) in [5.74, 6) is -2.68. The standard InChI is InChI=1S/C30H42O9/c1-7-31-27(32-8-2)23-29(35-11-5,37-25-19-15-13-16-20-25)39-30(36-12-6,24-28(33-9-3)34-10-4)38-26-21-17-14-18-22-26/h13-24H,7-12H2,1-6H3. The van der Waals surface area contributed by atoms with Gasteiger partial charge in [0.1, 0.15) is 11.5 Å². The topological polar surface area (TPSA) is 83.1 Å². The van der Waals surface area contributed by atoms with Crippen LogP contribution in [0.1, 0.15) is 41.5 Å². The lowest BCUT2D eigenvalue weighted by Gasteiger charge is -2.39. The molecule has 0 aliphatic carbocycles. The van der Waals surface area contributed by atoms with E-state index in [9.17, 15) is 0 Å². The molecule has 216 valence electrons.